The second kappa shape index (κ2) is 7.12. The first-order valence-electron chi connectivity index (χ1n) is 7.38. The molecule has 5 nitrogen and oxygen atoms in total. The van der Waals surface area contributed by atoms with Gasteiger partial charge >= 0.3 is 0 Å². The fourth-order valence-corrected chi connectivity index (χ4v) is 2.99. The molecule has 1 atom stereocenters. The van der Waals surface area contributed by atoms with Crippen LogP contribution in [0.5, 0.6) is 5.75 Å². The van der Waals surface area contributed by atoms with E-state index >= 15 is 0 Å². The number of nitrogens with one attached hydrogen (secondary N) is 1. The number of fused-ring (bicyclic) bond motifs is 1. The summed E-state index contributed by atoms with van der Waals surface area (Å²) in [6.45, 7) is 1.42. The molecule has 2 amide bonds. The number of hydrogen-bond acceptors (Lipinski definition) is 3. The summed E-state index contributed by atoms with van der Waals surface area (Å²) in [5.41, 5.74) is 0.821. The van der Waals surface area contributed by atoms with Crippen molar-refractivity contribution >= 4 is 58.0 Å². The molecular weight excluding hydrogens is 387 g/mol. The molecule has 0 saturated heterocycles. The third-order valence-corrected chi connectivity index (χ3v) is 4.71. The number of rotatable bonds is 3. The monoisotopic (exact) mass is 398 g/mol. The molecule has 2 aromatic carbocycles. The molecule has 1 N–H and O–H groups in total. The minimum atomic E-state index is -0.698. The van der Waals surface area contributed by atoms with Crippen LogP contribution in [0, 0.1) is 0 Å². The van der Waals surface area contributed by atoms with Crippen LogP contribution in [0.3, 0.4) is 0 Å². The molecule has 0 saturated carbocycles. The number of carbonyl (C=O) groups is 2. The van der Waals surface area contributed by atoms with Gasteiger partial charge in [-0.3, -0.25) is 14.5 Å². The van der Waals surface area contributed by atoms with Crippen LogP contribution in [0.4, 0.5) is 11.4 Å². The van der Waals surface area contributed by atoms with Crippen LogP contribution < -0.4 is 15.0 Å². The molecule has 2 aromatic rings. The molecule has 0 fully saturated rings. The normalized spacial score (nSPS) is 16.2. The quantitative estimate of drug-likeness (QED) is 0.832. The maximum atomic E-state index is 12.4. The van der Waals surface area contributed by atoms with Gasteiger partial charge in [0, 0.05) is 5.02 Å². The highest BCUT2D eigenvalue weighted by atomic mass is 35.5. The molecule has 1 unspecified atom stereocenters. The zero-order valence-corrected chi connectivity index (χ0v) is 15.3. The Hall–Kier alpha value is -1.95. The van der Waals surface area contributed by atoms with E-state index in [2.05, 4.69) is 5.32 Å². The lowest BCUT2D eigenvalue weighted by atomic mass is 10.2. The molecule has 3 rings (SSSR count). The summed E-state index contributed by atoms with van der Waals surface area (Å²) in [5, 5.41) is 3.66. The van der Waals surface area contributed by atoms with Gasteiger partial charge in [-0.25, -0.2) is 0 Å². The smallest absolute Gasteiger partial charge is 0.268 e. The van der Waals surface area contributed by atoms with Gasteiger partial charge in [0.25, 0.3) is 5.91 Å². The second-order valence-corrected chi connectivity index (χ2v) is 6.67. The van der Waals surface area contributed by atoms with Gasteiger partial charge in [-0.15, -0.1) is 0 Å². The summed E-state index contributed by atoms with van der Waals surface area (Å²) >= 11 is 18.0. The van der Waals surface area contributed by atoms with Crippen LogP contribution >= 0.6 is 34.8 Å². The Kier molecular flexibility index (Phi) is 5.08. The number of ether oxygens (including phenoxy) is 1. The van der Waals surface area contributed by atoms with Crippen molar-refractivity contribution < 1.29 is 14.3 Å². The van der Waals surface area contributed by atoms with Crippen LogP contribution in [0.2, 0.25) is 15.1 Å². The average Bonchev–Trinajstić information content (AvgIpc) is 2.57. The molecule has 0 bridgehead atoms. The van der Waals surface area contributed by atoms with E-state index in [0.29, 0.717) is 27.2 Å². The molecule has 8 heteroatoms. The highest BCUT2D eigenvalue weighted by Gasteiger charge is 2.33. The maximum Gasteiger partial charge on any atom is 0.268 e. The van der Waals surface area contributed by atoms with E-state index < -0.39 is 12.0 Å². The van der Waals surface area contributed by atoms with Crippen LogP contribution in [-0.2, 0) is 9.59 Å². The predicted molar refractivity (Wildman–Crippen MR) is 99.0 cm³/mol. The van der Waals surface area contributed by atoms with Gasteiger partial charge in [-0.1, -0.05) is 40.9 Å². The first kappa shape index (κ1) is 17.9. The number of nitrogens with zero attached hydrogens (tertiary/aromatic N) is 1. The Morgan fingerprint density at radius 2 is 2.00 bits per heavy atom. The molecule has 0 radical (unpaired) electrons. The van der Waals surface area contributed by atoms with E-state index in [0.717, 1.165) is 0 Å². The first-order valence-corrected chi connectivity index (χ1v) is 8.51. The van der Waals surface area contributed by atoms with Crippen molar-refractivity contribution in [3.05, 3.63) is 51.5 Å². The standard InChI is InChI=1S/C17H13Cl3N2O3/c1-9-17(24)22(13-7-10(18)5-6-14(13)25-9)8-15(23)21-12-4-2-3-11(19)16(12)20/h2-7,9H,8H2,1H3,(H,21,23). The van der Waals surface area contributed by atoms with E-state index in [1.807, 2.05) is 0 Å². The van der Waals surface area contributed by atoms with Crippen molar-refractivity contribution in [1.29, 1.82) is 0 Å². The van der Waals surface area contributed by atoms with Crippen molar-refractivity contribution in [1.82, 2.24) is 0 Å². The zero-order valence-electron chi connectivity index (χ0n) is 13.1. The molecule has 1 aliphatic heterocycles. The first-order chi connectivity index (χ1) is 11.9. The predicted octanol–water partition coefficient (Wildman–Crippen LogP) is 4.40. The van der Waals surface area contributed by atoms with E-state index in [-0.39, 0.29) is 17.5 Å². The molecule has 0 aromatic heterocycles. The van der Waals surface area contributed by atoms with Crippen LogP contribution in [0.25, 0.3) is 0 Å². The SMILES string of the molecule is CC1Oc2ccc(Cl)cc2N(CC(=O)Nc2cccc(Cl)c2Cl)C1=O. The Morgan fingerprint density at radius 3 is 2.76 bits per heavy atom. The van der Waals surface area contributed by atoms with Crippen LogP contribution in [0.1, 0.15) is 6.92 Å². The van der Waals surface area contributed by atoms with Gasteiger partial charge in [-0.05, 0) is 37.3 Å². The summed E-state index contributed by atoms with van der Waals surface area (Å²) in [7, 11) is 0. The summed E-state index contributed by atoms with van der Waals surface area (Å²) in [6.07, 6.45) is -0.698. The van der Waals surface area contributed by atoms with Gasteiger partial charge in [0.15, 0.2) is 6.10 Å². The summed E-state index contributed by atoms with van der Waals surface area (Å²) in [5.74, 6) is -0.260. The highest BCUT2D eigenvalue weighted by molar-refractivity contribution is 6.44. The largest absolute Gasteiger partial charge is 0.479 e. The molecule has 130 valence electrons. The Morgan fingerprint density at radius 1 is 1.24 bits per heavy atom. The number of hydrogen-bond donors (Lipinski definition) is 1. The molecule has 0 spiro atoms. The summed E-state index contributed by atoms with van der Waals surface area (Å²) in [4.78, 5) is 26.2. The van der Waals surface area contributed by atoms with E-state index in [9.17, 15) is 9.59 Å². The molecule has 1 heterocycles. The third-order valence-electron chi connectivity index (χ3n) is 3.66. The minimum Gasteiger partial charge on any atom is -0.479 e. The summed E-state index contributed by atoms with van der Waals surface area (Å²) < 4.78 is 5.54. The summed E-state index contributed by atoms with van der Waals surface area (Å²) in [6, 6.07) is 9.82. The van der Waals surface area contributed by atoms with Crippen molar-refractivity contribution in [2.75, 3.05) is 16.8 Å². The molecule has 0 aliphatic carbocycles. The number of carbonyl (C=O) groups excluding carboxylic acids is 2. The average molecular weight is 400 g/mol. The van der Waals surface area contributed by atoms with Gasteiger partial charge in [0.1, 0.15) is 12.3 Å². The fourth-order valence-electron chi connectivity index (χ4n) is 2.48. The molecule has 25 heavy (non-hydrogen) atoms. The van der Waals surface area contributed by atoms with Gasteiger partial charge in [0.2, 0.25) is 5.91 Å². The van der Waals surface area contributed by atoms with Crippen molar-refractivity contribution in [3.8, 4) is 5.75 Å². The number of halogens is 3. The number of amides is 2. The Labute approximate surface area is 159 Å². The van der Waals surface area contributed by atoms with Crippen molar-refractivity contribution in [2.45, 2.75) is 13.0 Å². The van der Waals surface area contributed by atoms with Crippen molar-refractivity contribution in [2.24, 2.45) is 0 Å². The minimum absolute atomic E-state index is 0.206. The van der Waals surface area contributed by atoms with E-state index in [4.69, 9.17) is 39.5 Å². The van der Waals surface area contributed by atoms with E-state index in [1.54, 1.807) is 43.3 Å². The second-order valence-electron chi connectivity index (χ2n) is 5.45. The Bertz CT molecular complexity index is 857. The zero-order chi connectivity index (χ0) is 18.1. The topological polar surface area (TPSA) is 58.6 Å². The lowest BCUT2D eigenvalue weighted by molar-refractivity contribution is -0.127. The molecular formula is C17H13Cl3N2O3. The third kappa shape index (κ3) is 3.68. The van der Waals surface area contributed by atoms with Gasteiger partial charge in [0.05, 0.1) is 21.4 Å². The lowest BCUT2D eigenvalue weighted by Gasteiger charge is -2.32. The van der Waals surface area contributed by atoms with Crippen molar-refractivity contribution in [3.63, 3.8) is 0 Å². The maximum absolute atomic E-state index is 12.4. The van der Waals surface area contributed by atoms with Gasteiger partial charge < -0.3 is 10.1 Å². The number of benzene rings is 2. The van der Waals surface area contributed by atoms with Gasteiger partial charge in [-0.2, -0.15) is 0 Å². The lowest BCUT2D eigenvalue weighted by Crippen LogP contribution is -2.47. The number of anilines is 2. The fraction of sp³-hybridized carbons (Fsp3) is 0.176. The Balaban J connectivity index is 1.84. The van der Waals surface area contributed by atoms with E-state index in [1.165, 1.54) is 4.90 Å². The highest BCUT2D eigenvalue weighted by Crippen LogP contribution is 2.36. The molecule has 1 aliphatic rings. The van der Waals surface area contributed by atoms with Crippen LogP contribution in [0.15, 0.2) is 36.4 Å². The van der Waals surface area contributed by atoms with Crippen LogP contribution in [-0.4, -0.2) is 24.5 Å².